The molecule has 0 N–H and O–H groups in total. The topological polar surface area (TPSA) is 40.6 Å². The standard InChI is InChI=1S/C16H14N2O2/c1-11-5-3-7-13(9-11)17-15(19)18(16(17)20)14-8-4-6-12(2)10-14/h3-10H,1-2H3. The normalized spacial score (nSPS) is 14.5. The predicted octanol–water partition coefficient (Wildman–Crippen LogP) is 3.87. The number of carbonyl (C=O) groups is 2. The summed E-state index contributed by atoms with van der Waals surface area (Å²) in [6.07, 6.45) is 0. The minimum Gasteiger partial charge on any atom is -0.246 e. The first-order valence-corrected chi connectivity index (χ1v) is 6.39. The third-order valence-electron chi connectivity index (χ3n) is 3.28. The number of anilines is 2. The fourth-order valence-electron chi connectivity index (χ4n) is 2.29. The molecule has 4 amide bonds. The molecule has 0 bridgehead atoms. The van der Waals surface area contributed by atoms with E-state index in [1.165, 1.54) is 9.80 Å². The van der Waals surface area contributed by atoms with Gasteiger partial charge in [-0.05, 0) is 49.2 Å². The van der Waals surface area contributed by atoms with E-state index in [1.54, 1.807) is 12.1 Å². The van der Waals surface area contributed by atoms with Crippen molar-refractivity contribution in [2.75, 3.05) is 9.80 Å². The van der Waals surface area contributed by atoms with E-state index in [0.717, 1.165) is 11.1 Å². The second-order valence-electron chi connectivity index (χ2n) is 4.91. The minimum atomic E-state index is -0.314. The summed E-state index contributed by atoms with van der Waals surface area (Å²) < 4.78 is 0. The maximum Gasteiger partial charge on any atom is 0.345 e. The van der Waals surface area contributed by atoms with E-state index >= 15 is 0 Å². The highest BCUT2D eigenvalue weighted by Crippen LogP contribution is 2.31. The molecule has 0 spiro atoms. The van der Waals surface area contributed by atoms with Gasteiger partial charge < -0.3 is 0 Å². The van der Waals surface area contributed by atoms with Crippen molar-refractivity contribution in [3.63, 3.8) is 0 Å². The van der Waals surface area contributed by atoms with Crippen molar-refractivity contribution < 1.29 is 9.59 Å². The third-order valence-corrected chi connectivity index (χ3v) is 3.28. The summed E-state index contributed by atoms with van der Waals surface area (Å²) in [5.41, 5.74) is 3.25. The van der Waals surface area contributed by atoms with Crippen LogP contribution >= 0.6 is 0 Å². The molecule has 1 fully saturated rings. The lowest BCUT2D eigenvalue weighted by Crippen LogP contribution is -2.64. The van der Waals surface area contributed by atoms with Gasteiger partial charge in [0.15, 0.2) is 0 Å². The molecule has 0 aliphatic carbocycles. The molecule has 20 heavy (non-hydrogen) atoms. The fourth-order valence-corrected chi connectivity index (χ4v) is 2.29. The van der Waals surface area contributed by atoms with Gasteiger partial charge in [-0.3, -0.25) is 0 Å². The maximum absolute atomic E-state index is 12.2. The molecule has 1 aliphatic heterocycles. The smallest absolute Gasteiger partial charge is 0.246 e. The Kier molecular flexibility index (Phi) is 2.79. The highest BCUT2D eigenvalue weighted by Gasteiger charge is 2.45. The van der Waals surface area contributed by atoms with Gasteiger partial charge in [-0.25, -0.2) is 19.4 Å². The van der Waals surface area contributed by atoms with Crippen molar-refractivity contribution in [3.05, 3.63) is 59.7 Å². The van der Waals surface area contributed by atoms with E-state index in [-0.39, 0.29) is 12.1 Å². The number of amides is 4. The SMILES string of the molecule is Cc1cccc(N2C(=O)N(c3cccc(C)c3)C2=O)c1. The average molecular weight is 266 g/mol. The van der Waals surface area contributed by atoms with Crippen LogP contribution in [-0.4, -0.2) is 12.1 Å². The third kappa shape index (κ3) is 1.86. The Morgan fingerprint density at radius 3 is 1.45 bits per heavy atom. The van der Waals surface area contributed by atoms with Gasteiger partial charge in [0.1, 0.15) is 0 Å². The molecule has 4 heteroatoms. The Morgan fingerprint density at radius 1 is 0.700 bits per heavy atom. The summed E-state index contributed by atoms with van der Waals surface area (Å²) in [5, 5.41) is 0. The van der Waals surface area contributed by atoms with Gasteiger partial charge >= 0.3 is 12.1 Å². The lowest BCUT2D eigenvalue weighted by atomic mass is 10.1. The zero-order valence-electron chi connectivity index (χ0n) is 11.3. The Balaban J connectivity index is 1.91. The number of carbonyl (C=O) groups excluding carboxylic acids is 2. The Bertz CT molecular complexity index is 636. The molecule has 3 rings (SSSR count). The number of hydrogen-bond acceptors (Lipinski definition) is 2. The lowest BCUT2D eigenvalue weighted by molar-refractivity contribution is 0.226. The largest absolute Gasteiger partial charge is 0.345 e. The quantitative estimate of drug-likeness (QED) is 0.827. The molecule has 1 heterocycles. The Morgan fingerprint density at radius 2 is 1.10 bits per heavy atom. The highest BCUT2D eigenvalue weighted by atomic mass is 16.2. The van der Waals surface area contributed by atoms with E-state index in [0.29, 0.717) is 11.4 Å². The molecule has 2 aromatic rings. The van der Waals surface area contributed by atoms with Crippen LogP contribution in [0.4, 0.5) is 21.0 Å². The second kappa shape index (κ2) is 4.49. The van der Waals surface area contributed by atoms with Crippen molar-refractivity contribution in [3.8, 4) is 0 Å². The van der Waals surface area contributed by atoms with Gasteiger partial charge in [0.2, 0.25) is 0 Å². The molecule has 1 aliphatic rings. The predicted molar refractivity (Wildman–Crippen MR) is 78.1 cm³/mol. The van der Waals surface area contributed by atoms with E-state index in [2.05, 4.69) is 0 Å². The van der Waals surface area contributed by atoms with Crippen LogP contribution in [-0.2, 0) is 0 Å². The van der Waals surface area contributed by atoms with E-state index < -0.39 is 0 Å². The van der Waals surface area contributed by atoms with Crippen LogP contribution in [0.5, 0.6) is 0 Å². The first-order valence-electron chi connectivity index (χ1n) is 6.39. The average Bonchev–Trinajstić information content (AvgIpc) is 2.39. The van der Waals surface area contributed by atoms with E-state index in [1.807, 2.05) is 50.2 Å². The Labute approximate surface area is 117 Å². The molecule has 2 aromatic carbocycles. The zero-order chi connectivity index (χ0) is 14.3. The summed E-state index contributed by atoms with van der Waals surface area (Å²) in [6, 6.07) is 14.1. The van der Waals surface area contributed by atoms with Crippen LogP contribution in [0.3, 0.4) is 0 Å². The van der Waals surface area contributed by atoms with Crippen molar-refractivity contribution in [2.24, 2.45) is 0 Å². The van der Waals surface area contributed by atoms with Crippen molar-refractivity contribution in [1.82, 2.24) is 0 Å². The molecule has 0 unspecified atom stereocenters. The highest BCUT2D eigenvalue weighted by molar-refractivity contribution is 6.41. The molecular weight excluding hydrogens is 252 g/mol. The Hall–Kier alpha value is -2.62. The van der Waals surface area contributed by atoms with Crippen LogP contribution in [0.15, 0.2) is 48.5 Å². The van der Waals surface area contributed by atoms with E-state index in [4.69, 9.17) is 0 Å². The number of benzene rings is 2. The van der Waals surface area contributed by atoms with Gasteiger partial charge in [-0.15, -0.1) is 0 Å². The van der Waals surface area contributed by atoms with Crippen LogP contribution in [0.2, 0.25) is 0 Å². The van der Waals surface area contributed by atoms with Gasteiger partial charge in [0.05, 0.1) is 11.4 Å². The minimum absolute atomic E-state index is 0.314. The number of imide groups is 2. The monoisotopic (exact) mass is 266 g/mol. The van der Waals surface area contributed by atoms with Gasteiger partial charge in [-0.1, -0.05) is 24.3 Å². The molecule has 0 atom stereocenters. The van der Waals surface area contributed by atoms with Gasteiger partial charge in [0.25, 0.3) is 0 Å². The second-order valence-corrected chi connectivity index (χ2v) is 4.91. The number of urea groups is 2. The first kappa shape index (κ1) is 12.4. The zero-order valence-corrected chi connectivity index (χ0v) is 11.3. The molecule has 4 nitrogen and oxygen atoms in total. The molecular formula is C16H14N2O2. The fraction of sp³-hybridized carbons (Fsp3) is 0.125. The van der Waals surface area contributed by atoms with Gasteiger partial charge in [-0.2, -0.15) is 0 Å². The number of hydrogen-bond donors (Lipinski definition) is 0. The van der Waals surface area contributed by atoms with E-state index in [9.17, 15) is 9.59 Å². The number of aryl methyl sites for hydroxylation is 2. The lowest BCUT2D eigenvalue weighted by Gasteiger charge is -2.38. The van der Waals surface area contributed by atoms with Crippen molar-refractivity contribution >= 4 is 23.4 Å². The molecule has 1 saturated heterocycles. The molecule has 100 valence electrons. The molecule has 0 radical (unpaired) electrons. The number of rotatable bonds is 2. The van der Waals surface area contributed by atoms with Crippen molar-refractivity contribution in [2.45, 2.75) is 13.8 Å². The van der Waals surface area contributed by atoms with Crippen LogP contribution < -0.4 is 9.80 Å². The molecule has 0 saturated carbocycles. The molecule has 0 aromatic heterocycles. The summed E-state index contributed by atoms with van der Waals surface area (Å²) in [6.45, 7) is 3.85. The van der Waals surface area contributed by atoms with Crippen LogP contribution in [0.25, 0.3) is 0 Å². The summed E-state index contributed by atoms with van der Waals surface area (Å²) in [5.74, 6) is 0. The van der Waals surface area contributed by atoms with Gasteiger partial charge in [0, 0.05) is 0 Å². The van der Waals surface area contributed by atoms with Crippen molar-refractivity contribution in [1.29, 1.82) is 0 Å². The van der Waals surface area contributed by atoms with Crippen LogP contribution in [0, 0.1) is 13.8 Å². The summed E-state index contributed by atoms with van der Waals surface area (Å²) in [4.78, 5) is 26.8. The summed E-state index contributed by atoms with van der Waals surface area (Å²) >= 11 is 0. The number of nitrogens with zero attached hydrogens (tertiary/aromatic N) is 2. The summed E-state index contributed by atoms with van der Waals surface area (Å²) in [7, 11) is 0. The first-order chi connectivity index (χ1) is 9.58. The van der Waals surface area contributed by atoms with Crippen LogP contribution in [0.1, 0.15) is 11.1 Å². The maximum atomic E-state index is 12.2.